The molecule has 7 nitrogen and oxygen atoms in total. The quantitative estimate of drug-likeness (QED) is 0.621. The molecule has 1 aromatic carbocycles. The maximum atomic E-state index is 13.9. The summed E-state index contributed by atoms with van der Waals surface area (Å²) in [6.45, 7) is 8.31. The molecule has 0 aliphatic carbocycles. The third-order valence-electron chi connectivity index (χ3n) is 4.74. The minimum absolute atomic E-state index is 0.151. The lowest BCUT2D eigenvalue weighted by Gasteiger charge is -2.39. The number of nitrogens with zero attached hydrogens (tertiary/aromatic N) is 6. The number of halogens is 2. The van der Waals surface area contributed by atoms with Crippen LogP contribution in [-0.2, 0) is 0 Å². The summed E-state index contributed by atoms with van der Waals surface area (Å²) in [5.41, 5.74) is 0.705. The van der Waals surface area contributed by atoms with Crippen molar-refractivity contribution in [2.45, 2.75) is 32.7 Å². The van der Waals surface area contributed by atoms with Crippen LogP contribution in [0.2, 0.25) is 0 Å². The molecule has 4 rings (SSSR count). The van der Waals surface area contributed by atoms with Gasteiger partial charge in [0.2, 0.25) is 5.89 Å². The summed E-state index contributed by atoms with van der Waals surface area (Å²) in [4.78, 5) is 17.5. The lowest BCUT2D eigenvalue weighted by Crippen LogP contribution is -2.52. The van der Waals surface area contributed by atoms with E-state index in [1.807, 2.05) is 13.8 Å². The van der Waals surface area contributed by atoms with E-state index < -0.39 is 0 Å². The standard InChI is InChI=1S/C18H20BrFN6O/c1-10(2)17-23-18(24-27-17)26-5-4-25(8-11(26)3)16-13-6-12(20)7-14(19)15(13)21-9-22-16/h6-7,9-11H,4-5,8H2,1-3H3/t11-/m0/s1. The van der Waals surface area contributed by atoms with Gasteiger partial charge >= 0.3 is 0 Å². The van der Waals surface area contributed by atoms with E-state index >= 15 is 0 Å². The molecule has 1 aliphatic rings. The molecule has 2 aromatic heterocycles. The summed E-state index contributed by atoms with van der Waals surface area (Å²) in [6.07, 6.45) is 1.52. The summed E-state index contributed by atoms with van der Waals surface area (Å²) in [6, 6.07) is 3.06. The van der Waals surface area contributed by atoms with Crippen molar-refractivity contribution >= 4 is 38.6 Å². The molecule has 9 heteroatoms. The molecule has 27 heavy (non-hydrogen) atoms. The lowest BCUT2D eigenvalue weighted by molar-refractivity contribution is 0.363. The van der Waals surface area contributed by atoms with Gasteiger partial charge in [-0.25, -0.2) is 14.4 Å². The first-order valence-electron chi connectivity index (χ1n) is 8.89. The predicted octanol–water partition coefficient (Wildman–Crippen LogP) is 3.75. The molecule has 0 saturated carbocycles. The van der Waals surface area contributed by atoms with Crippen LogP contribution in [0, 0.1) is 5.82 Å². The molecule has 0 amide bonds. The highest BCUT2D eigenvalue weighted by molar-refractivity contribution is 9.10. The molecule has 142 valence electrons. The van der Waals surface area contributed by atoms with Gasteiger partial charge in [0.05, 0.1) is 5.52 Å². The lowest BCUT2D eigenvalue weighted by atomic mass is 10.1. The van der Waals surface area contributed by atoms with E-state index in [-0.39, 0.29) is 17.8 Å². The van der Waals surface area contributed by atoms with Gasteiger partial charge in [0.1, 0.15) is 18.0 Å². The Bertz CT molecular complexity index is 978. The van der Waals surface area contributed by atoms with Gasteiger partial charge in [-0.3, -0.25) is 0 Å². The second kappa shape index (κ2) is 7.03. The van der Waals surface area contributed by atoms with Crippen molar-refractivity contribution in [2.24, 2.45) is 0 Å². The van der Waals surface area contributed by atoms with Crippen LogP contribution in [0.3, 0.4) is 0 Å². The monoisotopic (exact) mass is 434 g/mol. The van der Waals surface area contributed by atoms with E-state index in [2.05, 4.69) is 52.8 Å². The maximum Gasteiger partial charge on any atom is 0.266 e. The highest BCUT2D eigenvalue weighted by Crippen LogP contribution is 2.31. The van der Waals surface area contributed by atoms with E-state index in [1.165, 1.54) is 18.5 Å². The molecule has 0 N–H and O–H groups in total. The molecule has 3 aromatic rings. The zero-order valence-corrected chi connectivity index (χ0v) is 16.9. The highest BCUT2D eigenvalue weighted by Gasteiger charge is 2.29. The van der Waals surface area contributed by atoms with E-state index in [1.54, 1.807) is 0 Å². The number of hydrogen-bond acceptors (Lipinski definition) is 7. The van der Waals surface area contributed by atoms with Crippen molar-refractivity contribution in [2.75, 3.05) is 29.4 Å². The fourth-order valence-corrected chi connectivity index (χ4v) is 3.89. The first-order chi connectivity index (χ1) is 12.9. The molecular weight excluding hydrogens is 415 g/mol. The van der Waals surface area contributed by atoms with Crippen molar-refractivity contribution in [3.05, 3.63) is 34.6 Å². The van der Waals surface area contributed by atoms with Gasteiger partial charge in [0.15, 0.2) is 0 Å². The Morgan fingerprint density at radius 1 is 1.26 bits per heavy atom. The van der Waals surface area contributed by atoms with Crippen molar-refractivity contribution in [1.29, 1.82) is 0 Å². The number of benzene rings is 1. The largest absolute Gasteiger partial charge is 0.352 e. The van der Waals surface area contributed by atoms with Crippen LogP contribution < -0.4 is 9.80 Å². The topological polar surface area (TPSA) is 71.2 Å². The Balaban J connectivity index is 1.60. The number of anilines is 2. The van der Waals surface area contributed by atoms with Gasteiger partial charge in [-0.05, 0) is 40.1 Å². The normalized spacial score (nSPS) is 17.9. The van der Waals surface area contributed by atoms with E-state index in [0.717, 1.165) is 18.9 Å². The Morgan fingerprint density at radius 2 is 2.07 bits per heavy atom. The van der Waals surface area contributed by atoms with Crippen LogP contribution >= 0.6 is 15.9 Å². The van der Waals surface area contributed by atoms with E-state index in [0.29, 0.717) is 33.8 Å². The molecule has 1 fully saturated rings. The first kappa shape index (κ1) is 18.1. The van der Waals surface area contributed by atoms with Crippen molar-refractivity contribution in [3.63, 3.8) is 0 Å². The summed E-state index contributed by atoms with van der Waals surface area (Å²) >= 11 is 3.39. The first-order valence-corrected chi connectivity index (χ1v) is 9.68. The molecule has 0 radical (unpaired) electrons. The molecule has 1 atom stereocenters. The van der Waals surface area contributed by atoms with E-state index in [4.69, 9.17) is 4.52 Å². The zero-order chi connectivity index (χ0) is 19.1. The predicted molar refractivity (Wildman–Crippen MR) is 105 cm³/mol. The Hall–Kier alpha value is -2.29. The Labute approximate surface area is 164 Å². The maximum absolute atomic E-state index is 13.9. The Morgan fingerprint density at radius 3 is 2.78 bits per heavy atom. The Kier molecular flexibility index (Phi) is 4.71. The molecule has 0 spiro atoms. The summed E-state index contributed by atoms with van der Waals surface area (Å²) < 4.78 is 19.9. The number of hydrogen-bond donors (Lipinski definition) is 0. The van der Waals surface area contributed by atoms with Gasteiger partial charge in [0.25, 0.3) is 5.95 Å². The summed E-state index contributed by atoms with van der Waals surface area (Å²) in [5, 5.41) is 4.82. The minimum atomic E-state index is -0.315. The molecule has 0 bridgehead atoms. The number of fused-ring (bicyclic) bond motifs is 1. The fourth-order valence-electron chi connectivity index (χ4n) is 3.36. The number of piperazine rings is 1. The molecule has 1 saturated heterocycles. The smallest absolute Gasteiger partial charge is 0.266 e. The van der Waals surface area contributed by atoms with Gasteiger partial charge in [-0.1, -0.05) is 13.8 Å². The van der Waals surface area contributed by atoms with Crippen LogP contribution in [0.1, 0.15) is 32.6 Å². The second-order valence-electron chi connectivity index (χ2n) is 7.06. The van der Waals surface area contributed by atoms with Gasteiger partial charge in [-0.2, -0.15) is 4.98 Å². The van der Waals surface area contributed by atoms with Gasteiger partial charge in [0, 0.05) is 41.5 Å². The van der Waals surface area contributed by atoms with Gasteiger partial charge in [-0.15, -0.1) is 0 Å². The third kappa shape index (κ3) is 3.36. The number of rotatable bonds is 3. The summed E-state index contributed by atoms with van der Waals surface area (Å²) in [7, 11) is 0. The minimum Gasteiger partial charge on any atom is -0.352 e. The van der Waals surface area contributed by atoms with Crippen molar-refractivity contribution in [3.8, 4) is 0 Å². The average Bonchev–Trinajstić information content (AvgIpc) is 3.11. The zero-order valence-electron chi connectivity index (χ0n) is 15.4. The van der Waals surface area contributed by atoms with Crippen LogP contribution in [0.25, 0.3) is 10.9 Å². The van der Waals surface area contributed by atoms with Crippen LogP contribution in [0.5, 0.6) is 0 Å². The molecule has 3 heterocycles. The van der Waals surface area contributed by atoms with Crippen molar-refractivity contribution < 1.29 is 8.91 Å². The fraction of sp³-hybridized carbons (Fsp3) is 0.444. The van der Waals surface area contributed by atoms with Crippen LogP contribution in [0.15, 0.2) is 27.5 Å². The average molecular weight is 435 g/mol. The third-order valence-corrected chi connectivity index (χ3v) is 5.35. The second-order valence-corrected chi connectivity index (χ2v) is 7.91. The molecule has 1 aliphatic heterocycles. The number of aromatic nitrogens is 4. The molecule has 0 unspecified atom stereocenters. The molecular formula is C18H20BrFN6O. The van der Waals surface area contributed by atoms with Crippen LogP contribution in [-0.4, -0.2) is 45.8 Å². The van der Waals surface area contributed by atoms with Crippen molar-refractivity contribution in [1.82, 2.24) is 20.1 Å². The summed E-state index contributed by atoms with van der Waals surface area (Å²) in [5.74, 6) is 1.88. The highest BCUT2D eigenvalue weighted by atomic mass is 79.9. The SMILES string of the molecule is CC(C)c1nc(N2CCN(c3ncnc4c(Br)cc(F)cc34)C[C@@H]2C)no1. The van der Waals surface area contributed by atoms with Crippen LogP contribution in [0.4, 0.5) is 16.2 Å². The van der Waals surface area contributed by atoms with Gasteiger partial charge < -0.3 is 14.3 Å². The van der Waals surface area contributed by atoms with E-state index in [9.17, 15) is 4.39 Å².